The normalized spacial score (nSPS) is 12.1. The Morgan fingerprint density at radius 1 is 1.24 bits per heavy atom. The van der Waals surface area contributed by atoms with Crippen LogP contribution in [0.2, 0.25) is 0 Å². The molecule has 0 radical (unpaired) electrons. The predicted molar refractivity (Wildman–Crippen MR) is 109 cm³/mol. The first kappa shape index (κ1) is 20.4. The molecule has 0 atom stereocenters. The van der Waals surface area contributed by atoms with Crippen LogP contribution >= 0.6 is 0 Å². The largest absolute Gasteiger partial charge is 0.462 e. The van der Waals surface area contributed by atoms with Gasteiger partial charge in [0.25, 0.3) is 5.56 Å². The number of hydrogen-bond donors (Lipinski definition) is 0. The number of amides is 1. The van der Waals surface area contributed by atoms with Crippen molar-refractivity contribution >= 4 is 28.6 Å². The number of carbonyl (C=O) groups is 2. The van der Waals surface area contributed by atoms with Crippen LogP contribution in [0.1, 0.15) is 44.5 Å². The first-order valence-corrected chi connectivity index (χ1v) is 9.67. The molecule has 1 amide bonds. The third kappa shape index (κ3) is 3.96. The Morgan fingerprint density at radius 2 is 2.00 bits per heavy atom. The Kier molecular flexibility index (Phi) is 5.91. The summed E-state index contributed by atoms with van der Waals surface area (Å²) < 4.78 is 8.26. The lowest BCUT2D eigenvalue weighted by molar-refractivity contribution is -0.117. The van der Waals surface area contributed by atoms with E-state index in [1.54, 1.807) is 42.8 Å². The smallest absolute Gasteiger partial charge is 0.341 e. The summed E-state index contributed by atoms with van der Waals surface area (Å²) in [6, 6.07) is 6.69. The molecule has 0 N–H and O–H groups in total. The summed E-state index contributed by atoms with van der Waals surface area (Å²) in [5.74, 6) is -0.848. The van der Waals surface area contributed by atoms with E-state index >= 15 is 0 Å². The molecule has 152 valence electrons. The Morgan fingerprint density at radius 3 is 2.66 bits per heavy atom. The van der Waals surface area contributed by atoms with Gasteiger partial charge in [-0.05, 0) is 31.0 Å². The van der Waals surface area contributed by atoms with Crippen LogP contribution < -0.4 is 11.0 Å². The molecular weight excluding hydrogens is 372 g/mol. The van der Waals surface area contributed by atoms with E-state index < -0.39 is 5.97 Å². The van der Waals surface area contributed by atoms with Crippen molar-refractivity contribution in [3.8, 4) is 0 Å². The van der Waals surface area contributed by atoms with E-state index in [1.165, 1.54) is 10.5 Å². The van der Waals surface area contributed by atoms with E-state index in [0.717, 1.165) is 0 Å². The summed E-state index contributed by atoms with van der Waals surface area (Å²) >= 11 is 0. The van der Waals surface area contributed by atoms with E-state index in [9.17, 15) is 14.4 Å². The second-order valence-electron chi connectivity index (χ2n) is 7.05. The summed E-state index contributed by atoms with van der Waals surface area (Å²) in [4.78, 5) is 46.7. The molecule has 3 heterocycles. The molecule has 0 saturated carbocycles. The van der Waals surface area contributed by atoms with E-state index in [1.807, 2.05) is 13.8 Å². The van der Waals surface area contributed by atoms with E-state index in [2.05, 4.69) is 9.98 Å². The fourth-order valence-corrected chi connectivity index (χ4v) is 3.09. The minimum absolute atomic E-state index is 0.0802. The number of carbonyl (C=O) groups excluding carboxylic acids is 2. The lowest BCUT2D eigenvalue weighted by atomic mass is 10.1. The highest BCUT2D eigenvalue weighted by molar-refractivity contribution is 5.93. The zero-order chi connectivity index (χ0) is 21.1. The first-order chi connectivity index (χ1) is 13.9. The van der Waals surface area contributed by atoms with Crippen molar-refractivity contribution < 1.29 is 14.3 Å². The van der Waals surface area contributed by atoms with Crippen LogP contribution in [0.4, 0.5) is 0 Å². The molecule has 0 aliphatic rings. The molecule has 0 aromatic carbocycles. The van der Waals surface area contributed by atoms with Gasteiger partial charge in [0.1, 0.15) is 16.9 Å². The summed E-state index contributed by atoms with van der Waals surface area (Å²) in [6.07, 6.45) is 1.82. The summed E-state index contributed by atoms with van der Waals surface area (Å²) in [5, 5.41) is 0.264. The van der Waals surface area contributed by atoms with Gasteiger partial charge in [0.2, 0.25) is 5.91 Å². The zero-order valence-electron chi connectivity index (χ0n) is 17.0. The van der Waals surface area contributed by atoms with E-state index in [-0.39, 0.29) is 46.8 Å². The predicted octanol–water partition coefficient (Wildman–Crippen LogP) is 2.32. The number of hydrogen-bond acceptors (Lipinski definition) is 5. The Hall–Kier alpha value is -3.29. The number of ether oxygens (including phenoxy) is 1. The van der Waals surface area contributed by atoms with Crippen LogP contribution in [0.3, 0.4) is 0 Å². The van der Waals surface area contributed by atoms with Gasteiger partial charge in [-0.15, -0.1) is 0 Å². The van der Waals surface area contributed by atoms with Crippen molar-refractivity contribution in [2.45, 2.75) is 40.7 Å². The molecule has 0 fully saturated rings. The van der Waals surface area contributed by atoms with Crippen molar-refractivity contribution in [3.05, 3.63) is 51.9 Å². The molecule has 8 nitrogen and oxygen atoms in total. The average molecular weight is 396 g/mol. The SMILES string of the molecule is CCOC(=O)c1cc2c(=O)n3ccccc3nc2n(CC(C)C)c1=NC(=O)CC. The van der Waals surface area contributed by atoms with Gasteiger partial charge in [-0.2, -0.15) is 4.99 Å². The molecule has 0 spiro atoms. The number of fused-ring (bicyclic) bond motifs is 2. The van der Waals surface area contributed by atoms with Crippen LogP contribution in [0, 0.1) is 5.92 Å². The molecule has 29 heavy (non-hydrogen) atoms. The molecule has 0 aliphatic carbocycles. The Balaban J connectivity index is 2.55. The van der Waals surface area contributed by atoms with Gasteiger partial charge in [0.05, 0.1) is 12.0 Å². The lowest BCUT2D eigenvalue weighted by Gasteiger charge is -2.16. The standard InChI is InChI=1S/C21H24N4O4/c1-5-17(26)23-19-15(21(28)29-6-2)11-14-18(25(19)12-13(3)4)22-16-9-7-8-10-24(16)20(14)27/h7-11,13H,5-6,12H2,1-4H3. The number of pyridine rings is 2. The van der Waals surface area contributed by atoms with E-state index in [0.29, 0.717) is 17.8 Å². The number of aromatic nitrogens is 3. The fourth-order valence-electron chi connectivity index (χ4n) is 3.09. The number of rotatable bonds is 5. The van der Waals surface area contributed by atoms with Crippen molar-refractivity contribution in [3.63, 3.8) is 0 Å². The molecule has 0 saturated heterocycles. The molecule has 0 aliphatic heterocycles. The van der Waals surface area contributed by atoms with E-state index in [4.69, 9.17) is 4.74 Å². The monoisotopic (exact) mass is 396 g/mol. The van der Waals surface area contributed by atoms with Crippen molar-refractivity contribution in [2.24, 2.45) is 10.9 Å². The Labute approximate surface area is 167 Å². The number of esters is 1. The third-order valence-corrected chi connectivity index (χ3v) is 4.37. The maximum absolute atomic E-state index is 13.1. The summed E-state index contributed by atoms with van der Waals surface area (Å²) in [7, 11) is 0. The molecule has 0 bridgehead atoms. The fraction of sp³-hybridized carbons (Fsp3) is 0.381. The van der Waals surface area contributed by atoms with Crippen molar-refractivity contribution in [2.75, 3.05) is 6.61 Å². The Bertz CT molecular complexity index is 1220. The van der Waals surface area contributed by atoms with Gasteiger partial charge in [-0.3, -0.25) is 14.0 Å². The van der Waals surface area contributed by atoms with Gasteiger partial charge in [-0.1, -0.05) is 26.8 Å². The first-order valence-electron chi connectivity index (χ1n) is 9.67. The van der Waals surface area contributed by atoms with Crippen LogP contribution in [0.25, 0.3) is 16.7 Å². The highest BCUT2D eigenvalue weighted by Gasteiger charge is 2.20. The molecular formula is C21H24N4O4. The molecule has 3 aromatic heterocycles. The molecule has 3 rings (SSSR count). The van der Waals surface area contributed by atoms with Gasteiger partial charge in [0, 0.05) is 19.2 Å². The van der Waals surface area contributed by atoms with Gasteiger partial charge >= 0.3 is 5.97 Å². The second-order valence-corrected chi connectivity index (χ2v) is 7.05. The zero-order valence-corrected chi connectivity index (χ0v) is 17.0. The third-order valence-electron chi connectivity index (χ3n) is 4.37. The minimum atomic E-state index is -0.632. The van der Waals surface area contributed by atoms with Gasteiger partial charge < -0.3 is 9.30 Å². The number of nitrogens with zero attached hydrogens (tertiary/aromatic N) is 4. The highest BCUT2D eigenvalue weighted by Crippen LogP contribution is 2.13. The van der Waals surface area contributed by atoms with Gasteiger partial charge in [-0.25, -0.2) is 9.78 Å². The summed E-state index contributed by atoms with van der Waals surface area (Å²) in [6.45, 7) is 7.97. The molecule has 3 aromatic rings. The second kappa shape index (κ2) is 8.38. The van der Waals surface area contributed by atoms with Crippen LogP contribution in [-0.2, 0) is 16.1 Å². The molecule has 0 unspecified atom stereocenters. The maximum atomic E-state index is 13.1. The topological polar surface area (TPSA) is 95.0 Å². The minimum Gasteiger partial charge on any atom is -0.462 e. The average Bonchev–Trinajstić information content (AvgIpc) is 2.69. The van der Waals surface area contributed by atoms with Gasteiger partial charge in [0.15, 0.2) is 5.49 Å². The summed E-state index contributed by atoms with van der Waals surface area (Å²) in [5.41, 5.74) is 0.798. The highest BCUT2D eigenvalue weighted by atomic mass is 16.5. The quantitative estimate of drug-likeness (QED) is 0.487. The van der Waals surface area contributed by atoms with Crippen LogP contribution in [0.5, 0.6) is 0 Å². The van der Waals surface area contributed by atoms with Crippen molar-refractivity contribution in [1.29, 1.82) is 0 Å². The van der Waals surface area contributed by atoms with Crippen LogP contribution in [-0.4, -0.2) is 32.4 Å². The van der Waals surface area contributed by atoms with Crippen LogP contribution in [0.15, 0.2) is 40.2 Å². The molecule has 8 heteroatoms. The lowest BCUT2D eigenvalue weighted by Crippen LogP contribution is -2.33. The van der Waals surface area contributed by atoms with Crippen molar-refractivity contribution in [1.82, 2.24) is 14.0 Å². The maximum Gasteiger partial charge on any atom is 0.341 e.